The molecule has 1 saturated carbocycles. The largest absolute Gasteiger partial charge is 0.312 e. The highest BCUT2D eigenvalue weighted by Gasteiger charge is 2.30. The van der Waals surface area contributed by atoms with Crippen molar-refractivity contribution in [2.75, 3.05) is 12.3 Å². The molecule has 1 N–H and O–H groups in total. The van der Waals surface area contributed by atoms with E-state index < -0.39 is 9.84 Å². The first-order chi connectivity index (χ1) is 8.55. The SMILES string of the molecule is CCNCc1sc(CS(=O)(=O)CC)nc1C1CC1. The zero-order chi connectivity index (χ0) is 13.2. The molecule has 1 aromatic rings. The lowest BCUT2D eigenvalue weighted by molar-refractivity contribution is 0.596. The van der Waals surface area contributed by atoms with E-state index in [0.29, 0.717) is 5.92 Å². The van der Waals surface area contributed by atoms with Crippen LogP contribution in [0.25, 0.3) is 0 Å². The molecule has 0 bridgehead atoms. The fourth-order valence-electron chi connectivity index (χ4n) is 1.81. The summed E-state index contributed by atoms with van der Waals surface area (Å²) in [5.74, 6) is 0.862. The molecule has 0 aromatic carbocycles. The van der Waals surface area contributed by atoms with E-state index >= 15 is 0 Å². The molecule has 2 rings (SSSR count). The molecule has 4 nitrogen and oxygen atoms in total. The van der Waals surface area contributed by atoms with Gasteiger partial charge in [-0.15, -0.1) is 11.3 Å². The van der Waals surface area contributed by atoms with Crippen LogP contribution in [-0.2, 0) is 22.1 Å². The summed E-state index contributed by atoms with van der Waals surface area (Å²) in [5, 5.41) is 4.05. The van der Waals surface area contributed by atoms with Crippen molar-refractivity contribution in [3.05, 3.63) is 15.6 Å². The Balaban J connectivity index is 2.16. The monoisotopic (exact) mass is 288 g/mol. The minimum Gasteiger partial charge on any atom is -0.312 e. The van der Waals surface area contributed by atoms with Gasteiger partial charge in [-0.3, -0.25) is 0 Å². The molecule has 18 heavy (non-hydrogen) atoms. The second kappa shape index (κ2) is 5.67. The standard InChI is InChI=1S/C12H20N2O2S2/c1-3-13-7-10-12(9-5-6-9)14-11(17-10)8-18(15,16)4-2/h9,13H,3-8H2,1-2H3. The number of nitrogens with one attached hydrogen (secondary N) is 1. The molecule has 0 unspecified atom stereocenters. The van der Waals surface area contributed by atoms with Crippen molar-refractivity contribution in [1.29, 1.82) is 0 Å². The third kappa shape index (κ3) is 3.52. The van der Waals surface area contributed by atoms with E-state index in [1.54, 1.807) is 18.3 Å². The van der Waals surface area contributed by atoms with E-state index in [9.17, 15) is 8.42 Å². The van der Waals surface area contributed by atoms with Gasteiger partial charge in [0.2, 0.25) is 0 Å². The van der Waals surface area contributed by atoms with E-state index in [1.807, 2.05) is 0 Å². The van der Waals surface area contributed by atoms with Crippen molar-refractivity contribution in [3.8, 4) is 0 Å². The molecule has 102 valence electrons. The van der Waals surface area contributed by atoms with Crippen molar-refractivity contribution >= 4 is 21.2 Å². The normalized spacial score (nSPS) is 16.1. The smallest absolute Gasteiger partial charge is 0.156 e. The van der Waals surface area contributed by atoms with Crippen molar-refractivity contribution in [2.45, 2.75) is 44.9 Å². The van der Waals surface area contributed by atoms with Gasteiger partial charge in [0.25, 0.3) is 0 Å². The van der Waals surface area contributed by atoms with Crippen LogP contribution >= 0.6 is 11.3 Å². The van der Waals surface area contributed by atoms with Gasteiger partial charge in [0.1, 0.15) is 10.8 Å². The quantitative estimate of drug-likeness (QED) is 0.834. The molecule has 1 aliphatic carbocycles. The first-order valence-corrected chi connectivity index (χ1v) is 9.09. The van der Waals surface area contributed by atoms with Crippen molar-refractivity contribution in [1.82, 2.24) is 10.3 Å². The van der Waals surface area contributed by atoms with Gasteiger partial charge >= 0.3 is 0 Å². The maximum absolute atomic E-state index is 11.6. The van der Waals surface area contributed by atoms with Gasteiger partial charge in [-0.1, -0.05) is 13.8 Å². The number of sulfone groups is 1. The maximum Gasteiger partial charge on any atom is 0.156 e. The predicted octanol–water partition coefficient (Wildman–Crippen LogP) is 2.06. The highest BCUT2D eigenvalue weighted by atomic mass is 32.2. The van der Waals surface area contributed by atoms with Crippen LogP contribution in [0.4, 0.5) is 0 Å². The average Bonchev–Trinajstić information content (AvgIpc) is 3.10. The average molecular weight is 288 g/mol. The summed E-state index contributed by atoms with van der Waals surface area (Å²) in [6.07, 6.45) is 2.39. The highest BCUT2D eigenvalue weighted by Crippen LogP contribution is 2.42. The summed E-state index contributed by atoms with van der Waals surface area (Å²) in [7, 11) is -2.97. The minimum absolute atomic E-state index is 0.0972. The maximum atomic E-state index is 11.6. The summed E-state index contributed by atoms with van der Waals surface area (Å²) in [6, 6.07) is 0. The molecule has 1 aromatic heterocycles. The lowest BCUT2D eigenvalue weighted by Crippen LogP contribution is -2.11. The van der Waals surface area contributed by atoms with Gasteiger partial charge in [-0.05, 0) is 19.4 Å². The molecule has 0 atom stereocenters. The van der Waals surface area contributed by atoms with Gasteiger partial charge in [0, 0.05) is 23.1 Å². The van der Waals surface area contributed by atoms with Gasteiger partial charge in [0.15, 0.2) is 9.84 Å². The molecule has 1 aliphatic rings. The molecule has 0 aliphatic heterocycles. The van der Waals surface area contributed by atoms with Crippen LogP contribution in [0.15, 0.2) is 0 Å². The van der Waals surface area contributed by atoms with E-state index in [0.717, 1.165) is 23.8 Å². The summed E-state index contributed by atoms with van der Waals surface area (Å²) < 4.78 is 23.3. The van der Waals surface area contributed by atoms with Gasteiger partial charge in [-0.2, -0.15) is 0 Å². The Hall–Kier alpha value is -0.460. The Labute approximate surface area is 113 Å². The fraction of sp³-hybridized carbons (Fsp3) is 0.750. The zero-order valence-corrected chi connectivity index (χ0v) is 12.5. The van der Waals surface area contributed by atoms with Crippen LogP contribution in [-0.4, -0.2) is 25.7 Å². The molecule has 1 fully saturated rings. The molecular formula is C12H20N2O2S2. The van der Waals surface area contributed by atoms with E-state index in [1.165, 1.54) is 17.7 Å². The van der Waals surface area contributed by atoms with E-state index in [4.69, 9.17) is 0 Å². The predicted molar refractivity (Wildman–Crippen MR) is 74.6 cm³/mol. The number of rotatable bonds is 7. The number of hydrogen-bond donors (Lipinski definition) is 1. The molecule has 0 amide bonds. The molecule has 0 saturated heterocycles. The zero-order valence-electron chi connectivity index (χ0n) is 10.9. The van der Waals surface area contributed by atoms with Crippen LogP contribution in [0.2, 0.25) is 0 Å². The molecule has 6 heteroatoms. The Morgan fingerprint density at radius 2 is 2.11 bits per heavy atom. The summed E-state index contributed by atoms with van der Waals surface area (Å²) in [4.78, 5) is 5.78. The Kier molecular flexibility index (Phi) is 4.40. The highest BCUT2D eigenvalue weighted by molar-refractivity contribution is 7.90. The van der Waals surface area contributed by atoms with E-state index in [-0.39, 0.29) is 11.5 Å². The van der Waals surface area contributed by atoms with Gasteiger partial charge in [-0.25, -0.2) is 13.4 Å². The number of aromatic nitrogens is 1. The topological polar surface area (TPSA) is 59.1 Å². The second-order valence-electron chi connectivity index (χ2n) is 4.65. The number of thiazole rings is 1. The number of nitrogens with zero attached hydrogens (tertiary/aromatic N) is 1. The van der Waals surface area contributed by atoms with Gasteiger partial charge < -0.3 is 5.32 Å². The third-order valence-electron chi connectivity index (χ3n) is 3.05. The third-order valence-corrected chi connectivity index (χ3v) is 5.90. The Morgan fingerprint density at radius 1 is 1.39 bits per heavy atom. The van der Waals surface area contributed by atoms with Crippen LogP contribution in [0.3, 0.4) is 0 Å². The second-order valence-corrected chi connectivity index (χ2v) is 8.17. The van der Waals surface area contributed by atoms with Crippen molar-refractivity contribution in [2.24, 2.45) is 0 Å². The lowest BCUT2D eigenvalue weighted by atomic mass is 10.2. The minimum atomic E-state index is -2.97. The van der Waals surface area contributed by atoms with Crippen LogP contribution in [0.5, 0.6) is 0 Å². The molecule has 0 radical (unpaired) electrons. The van der Waals surface area contributed by atoms with Crippen molar-refractivity contribution < 1.29 is 8.42 Å². The first kappa shape index (κ1) is 14.0. The Bertz CT molecular complexity index is 504. The summed E-state index contributed by atoms with van der Waals surface area (Å²) >= 11 is 1.56. The van der Waals surface area contributed by atoms with E-state index in [2.05, 4.69) is 17.2 Å². The molecule has 1 heterocycles. The summed E-state index contributed by atoms with van der Waals surface area (Å²) in [6.45, 7) is 5.49. The van der Waals surface area contributed by atoms with Crippen LogP contribution < -0.4 is 5.32 Å². The summed E-state index contributed by atoms with van der Waals surface area (Å²) in [5.41, 5.74) is 1.14. The fourth-order valence-corrected chi connectivity index (χ4v) is 4.15. The van der Waals surface area contributed by atoms with Gasteiger partial charge in [0.05, 0.1) is 5.69 Å². The lowest BCUT2D eigenvalue weighted by Gasteiger charge is -2.00. The first-order valence-electron chi connectivity index (χ1n) is 6.45. The number of hydrogen-bond acceptors (Lipinski definition) is 5. The van der Waals surface area contributed by atoms with Crippen LogP contribution in [0.1, 0.15) is 48.2 Å². The molecular weight excluding hydrogens is 268 g/mol. The Morgan fingerprint density at radius 3 is 2.67 bits per heavy atom. The molecule has 0 spiro atoms. The van der Waals surface area contributed by atoms with Crippen LogP contribution in [0, 0.1) is 0 Å². The van der Waals surface area contributed by atoms with Crippen molar-refractivity contribution in [3.63, 3.8) is 0 Å².